The lowest BCUT2D eigenvalue weighted by Crippen LogP contribution is -2.46. The molecule has 0 bridgehead atoms. The maximum atomic E-state index is 13.9. The van der Waals surface area contributed by atoms with Crippen molar-refractivity contribution < 1.29 is 28.6 Å². The summed E-state index contributed by atoms with van der Waals surface area (Å²) in [6.45, 7) is 0. The number of hydrogen-bond acceptors (Lipinski definition) is 4. The summed E-state index contributed by atoms with van der Waals surface area (Å²) >= 11 is 0. The molecule has 114 valence electrons. The van der Waals surface area contributed by atoms with Crippen LogP contribution < -0.4 is 14.8 Å². The third-order valence-corrected chi connectivity index (χ3v) is 3.54. The highest BCUT2D eigenvalue weighted by molar-refractivity contribution is 5.95. The molecule has 0 aliphatic heterocycles. The summed E-state index contributed by atoms with van der Waals surface area (Å²) in [6.07, 6.45) is 0.714. The van der Waals surface area contributed by atoms with Gasteiger partial charge in [0.05, 0.1) is 25.7 Å². The summed E-state index contributed by atoms with van der Waals surface area (Å²) < 4.78 is 23.9. The van der Waals surface area contributed by atoms with E-state index in [9.17, 15) is 14.0 Å². The minimum atomic E-state index is -0.877. The molecule has 0 saturated heterocycles. The Balaban J connectivity index is 2.08. The second kappa shape index (κ2) is 5.99. The Labute approximate surface area is 120 Å². The van der Waals surface area contributed by atoms with E-state index in [0.29, 0.717) is 12.8 Å². The van der Waals surface area contributed by atoms with E-state index in [1.807, 2.05) is 0 Å². The van der Waals surface area contributed by atoms with E-state index < -0.39 is 23.6 Å². The first-order valence-electron chi connectivity index (χ1n) is 6.41. The molecule has 0 spiro atoms. The van der Waals surface area contributed by atoms with Crippen LogP contribution in [0.1, 0.15) is 23.2 Å². The van der Waals surface area contributed by atoms with E-state index >= 15 is 0 Å². The molecule has 1 aromatic carbocycles. The quantitative estimate of drug-likeness (QED) is 0.859. The molecule has 6 nitrogen and oxygen atoms in total. The predicted octanol–water partition coefficient (Wildman–Crippen LogP) is 1.44. The number of hydrogen-bond donors (Lipinski definition) is 2. The first-order valence-corrected chi connectivity index (χ1v) is 6.41. The molecule has 1 aliphatic rings. The smallest absolute Gasteiger partial charge is 0.306 e. The molecule has 0 atom stereocenters. The third-order valence-electron chi connectivity index (χ3n) is 3.54. The number of amides is 1. The average Bonchev–Trinajstić information content (AvgIpc) is 2.41. The number of aliphatic carboxylic acids is 1. The van der Waals surface area contributed by atoms with Gasteiger partial charge in [0, 0.05) is 12.1 Å². The molecule has 1 saturated carbocycles. The molecule has 0 aromatic heterocycles. The molecule has 2 N–H and O–H groups in total. The lowest BCUT2D eigenvalue weighted by atomic mass is 9.80. The first-order chi connectivity index (χ1) is 9.96. The SMILES string of the molecule is COc1cc(F)c(C(=O)NC2CC(C(=O)O)C2)cc1OC. The fraction of sp³-hybridized carbons (Fsp3) is 0.429. The van der Waals surface area contributed by atoms with Crippen molar-refractivity contribution in [1.82, 2.24) is 5.32 Å². The molecule has 1 aromatic rings. The molecule has 0 radical (unpaired) electrons. The Morgan fingerprint density at radius 2 is 1.81 bits per heavy atom. The molecule has 0 heterocycles. The van der Waals surface area contributed by atoms with Gasteiger partial charge < -0.3 is 19.9 Å². The van der Waals surface area contributed by atoms with Crippen molar-refractivity contribution in [2.75, 3.05) is 14.2 Å². The van der Waals surface area contributed by atoms with Gasteiger partial charge in [-0.3, -0.25) is 9.59 Å². The Bertz CT molecular complexity index is 569. The number of nitrogens with one attached hydrogen (secondary N) is 1. The fourth-order valence-corrected chi connectivity index (χ4v) is 2.23. The highest BCUT2D eigenvalue weighted by Crippen LogP contribution is 2.31. The van der Waals surface area contributed by atoms with E-state index in [0.717, 1.165) is 6.07 Å². The van der Waals surface area contributed by atoms with Crippen LogP contribution >= 0.6 is 0 Å². The number of carboxylic acids is 1. The van der Waals surface area contributed by atoms with Crippen LogP contribution in [0.5, 0.6) is 11.5 Å². The normalized spacial score (nSPS) is 20.3. The van der Waals surface area contributed by atoms with Gasteiger partial charge in [0.15, 0.2) is 11.5 Å². The maximum Gasteiger partial charge on any atom is 0.306 e. The van der Waals surface area contributed by atoms with Crippen LogP contribution in [-0.4, -0.2) is 37.2 Å². The van der Waals surface area contributed by atoms with Gasteiger partial charge in [-0.1, -0.05) is 0 Å². The number of rotatable bonds is 5. The monoisotopic (exact) mass is 297 g/mol. The zero-order chi connectivity index (χ0) is 15.6. The van der Waals surface area contributed by atoms with Crippen molar-refractivity contribution in [2.45, 2.75) is 18.9 Å². The van der Waals surface area contributed by atoms with Gasteiger partial charge in [0.25, 0.3) is 5.91 Å². The van der Waals surface area contributed by atoms with E-state index in [1.54, 1.807) is 0 Å². The van der Waals surface area contributed by atoms with Crippen LogP contribution in [-0.2, 0) is 4.79 Å². The van der Waals surface area contributed by atoms with Crippen molar-refractivity contribution >= 4 is 11.9 Å². The average molecular weight is 297 g/mol. The number of methoxy groups -OCH3 is 2. The minimum absolute atomic E-state index is 0.161. The summed E-state index contributed by atoms with van der Waals surface area (Å²) in [5.41, 5.74) is -0.161. The van der Waals surface area contributed by atoms with Crippen LogP contribution in [0.15, 0.2) is 12.1 Å². The molecule has 0 unspecified atom stereocenters. The Morgan fingerprint density at radius 1 is 1.24 bits per heavy atom. The van der Waals surface area contributed by atoms with Crippen LogP contribution in [0.4, 0.5) is 4.39 Å². The summed E-state index contributed by atoms with van der Waals surface area (Å²) in [6, 6.07) is 2.09. The van der Waals surface area contributed by atoms with Gasteiger partial charge in [-0.15, -0.1) is 0 Å². The Hall–Kier alpha value is -2.31. The number of carbonyl (C=O) groups is 2. The Morgan fingerprint density at radius 3 is 2.33 bits per heavy atom. The summed E-state index contributed by atoms with van der Waals surface area (Å²) in [4.78, 5) is 22.7. The highest BCUT2D eigenvalue weighted by Gasteiger charge is 2.35. The van der Waals surface area contributed by atoms with Crippen molar-refractivity contribution in [1.29, 1.82) is 0 Å². The minimum Gasteiger partial charge on any atom is -0.493 e. The number of halogens is 1. The number of benzene rings is 1. The zero-order valence-electron chi connectivity index (χ0n) is 11.7. The largest absolute Gasteiger partial charge is 0.493 e. The van der Waals surface area contributed by atoms with E-state index in [-0.39, 0.29) is 23.1 Å². The number of ether oxygens (including phenoxy) is 2. The van der Waals surface area contributed by atoms with Crippen molar-refractivity contribution in [2.24, 2.45) is 5.92 Å². The third kappa shape index (κ3) is 3.07. The van der Waals surface area contributed by atoms with E-state index in [4.69, 9.17) is 14.6 Å². The molecule has 21 heavy (non-hydrogen) atoms. The highest BCUT2D eigenvalue weighted by atomic mass is 19.1. The van der Waals surface area contributed by atoms with E-state index in [2.05, 4.69) is 5.32 Å². The van der Waals surface area contributed by atoms with Gasteiger partial charge in [0.1, 0.15) is 5.82 Å². The van der Waals surface area contributed by atoms with Crippen molar-refractivity contribution in [3.63, 3.8) is 0 Å². The maximum absolute atomic E-state index is 13.9. The molecule has 1 aliphatic carbocycles. The van der Waals surface area contributed by atoms with Gasteiger partial charge in [-0.05, 0) is 18.9 Å². The summed E-state index contributed by atoms with van der Waals surface area (Å²) in [5, 5.41) is 11.4. The lowest BCUT2D eigenvalue weighted by molar-refractivity contribution is -0.145. The number of carboxylic acid groups (broad SMARTS) is 1. The number of carbonyl (C=O) groups excluding carboxylic acids is 1. The van der Waals surface area contributed by atoms with Crippen LogP contribution in [0.2, 0.25) is 0 Å². The zero-order valence-corrected chi connectivity index (χ0v) is 11.7. The second-order valence-electron chi connectivity index (χ2n) is 4.86. The van der Waals surface area contributed by atoms with Crippen LogP contribution in [0.3, 0.4) is 0 Å². The van der Waals surface area contributed by atoms with Gasteiger partial charge in [-0.2, -0.15) is 0 Å². The molecular formula is C14H16FNO5. The lowest BCUT2D eigenvalue weighted by Gasteiger charge is -2.32. The van der Waals surface area contributed by atoms with Crippen molar-refractivity contribution in [3.8, 4) is 11.5 Å². The standard InChI is InChI=1S/C14H16FNO5/c1-20-11-5-9(10(15)6-12(11)21-2)13(17)16-8-3-7(4-8)14(18)19/h5-8H,3-4H2,1-2H3,(H,16,17)(H,18,19). The first kappa shape index (κ1) is 15.1. The molecule has 1 fully saturated rings. The predicted molar refractivity (Wildman–Crippen MR) is 71.1 cm³/mol. The van der Waals surface area contributed by atoms with Crippen LogP contribution in [0.25, 0.3) is 0 Å². The topological polar surface area (TPSA) is 84.9 Å². The summed E-state index contributed by atoms with van der Waals surface area (Å²) in [5.74, 6) is -2.19. The van der Waals surface area contributed by atoms with Gasteiger partial charge in [0.2, 0.25) is 0 Å². The van der Waals surface area contributed by atoms with Crippen molar-refractivity contribution in [3.05, 3.63) is 23.5 Å². The molecular weight excluding hydrogens is 281 g/mol. The van der Waals surface area contributed by atoms with Gasteiger partial charge in [-0.25, -0.2) is 4.39 Å². The molecule has 7 heteroatoms. The summed E-state index contributed by atoms with van der Waals surface area (Å²) in [7, 11) is 2.76. The molecule has 1 amide bonds. The second-order valence-corrected chi connectivity index (χ2v) is 4.86. The van der Waals surface area contributed by atoms with E-state index in [1.165, 1.54) is 20.3 Å². The fourth-order valence-electron chi connectivity index (χ4n) is 2.23. The van der Waals surface area contributed by atoms with Crippen LogP contribution in [0, 0.1) is 11.7 Å². The van der Waals surface area contributed by atoms with Gasteiger partial charge >= 0.3 is 5.97 Å². The molecule has 2 rings (SSSR count). The Kier molecular flexibility index (Phi) is 4.30.